The van der Waals surface area contributed by atoms with E-state index in [1.54, 1.807) is 36.4 Å². The van der Waals surface area contributed by atoms with Crippen LogP contribution < -0.4 is 16.0 Å². The third kappa shape index (κ3) is 2.71. The van der Waals surface area contributed by atoms with Crippen molar-refractivity contribution in [1.82, 2.24) is 9.78 Å². The number of anilines is 2. The molecule has 1 N–H and O–H groups in total. The number of nitrogens with zero attached hydrogens (tertiary/aromatic N) is 3. The van der Waals surface area contributed by atoms with Gasteiger partial charge in [-0.1, -0.05) is 12.1 Å². The smallest absolute Gasteiger partial charge is 0.437 e. The fourth-order valence-electron chi connectivity index (χ4n) is 2.58. The van der Waals surface area contributed by atoms with Crippen LogP contribution in [0.1, 0.15) is 0 Å². The molecule has 2 aromatic heterocycles. The van der Waals surface area contributed by atoms with Gasteiger partial charge in [0.05, 0.1) is 17.6 Å². The number of hydrogen-bond donors (Lipinski definition) is 1. The fraction of sp³-hybridized carbons (Fsp3) is 0.125. The molecule has 9 nitrogen and oxygen atoms in total. The topological polar surface area (TPSA) is 111 Å². The zero-order valence-electron chi connectivity index (χ0n) is 12.8. The molecule has 2 amide bonds. The first kappa shape index (κ1) is 14.9. The summed E-state index contributed by atoms with van der Waals surface area (Å²) >= 11 is 0. The van der Waals surface area contributed by atoms with E-state index < -0.39 is 11.7 Å². The third-order valence-corrected chi connectivity index (χ3v) is 3.69. The van der Waals surface area contributed by atoms with Gasteiger partial charge in [0.1, 0.15) is 13.1 Å². The average molecular weight is 340 g/mol. The molecule has 4 rings (SSSR count). The summed E-state index contributed by atoms with van der Waals surface area (Å²) in [6.45, 7) is -0.488. The highest BCUT2D eigenvalue weighted by Gasteiger charge is 2.27. The standard InChI is InChI=1S/C16H12N4O5/c21-13-8-19(11-5-2-1-4-10(11)17-13)14(22)9-20-16(23)25-15(18-20)12-6-3-7-24-12/h1-7H,8-9H2,(H,17,21). The first-order valence-corrected chi connectivity index (χ1v) is 7.43. The summed E-state index contributed by atoms with van der Waals surface area (Å²) in [5.41, 5.74) is 1.10. The predicted octanol–water partition coefficient (Wildman–Crippen LogP) is 1.08. The molecular formula is C16H12N4O5. The maximum absolute atomic E-state index is 12.6. The first-order valence-electron chi connectivity index (χ1n) is 7.43. The minimum Gasteiger partial charge on any atom is -0.459 e. The maximum atomic E-state index is 12.6. The summed E-state index contributed by atoms with van der Waals surface area (Å²) in [5, 5.41) is 6.65. The van der Waals surface area contributed by atoms with Gasteiger partial charge in [-0.2, -0.15) is 4.68 Å². The summed E-state index contributed by atoms with van der Waals surface area (Å²) < 4.78 is 11.0. The molecule has 1 aliphatic rings. The van der Waals surface area contributed by atoms with Crippen molar-refractivity contribution in [3.8, 4) is 11.7 Å². The van der Waals surface area contributed by atoms with Crippen LogP contribution in [0.3, 0.4) is 0 Å². The summed E-state index contributed by atoms with van der Waals surface area (Å²) in [4.78, 5) is 37.6. The Bertz CT molecular complexity index is 1000. The summed E-state index contributed by atoms with van der Waals surface area (Å²) in [5.74, 6) is -1.28. The second-order valence-electron chi connectivity index (χ2n) is 5.35. The van der Waals surface area contributed by atoms with E-state index in [4.69, 9.17) is 8.83 Å². The van der Waals surface area contributed by atoms with Crippen LogP contribution in [0.15, 0.2) is 56.3 Å². The van der Waals surface area contributed by atoms with E-state index in [0.717, 1.165) is 4.68 Å². The molecule has 0 radical (unpaired) electrons. The second-order valence-corrected chi connectivity index (χ2v) is 5.35. The highest BCUT2D eigenvalue weighted by atomic mass is 16.4. The quantitative estimate of drug-likeness (QED) is 0.764. The van der Waals surface area contributed by atoms with Crippen molar-refractivity contribution in [3.05, 3.63) is 53.2 Å². The minimum atomic E-state index is -0.783. The van der Waals surface area contributed by atoms with Gasteiger partial charge in [-0.3, -0.25) is 14.5 Å². The van der Waals surface area contributed by atoms with Crippen LogP contribution in [-0.4, -0.2) is 28.1 Å². The van der Waals surface area contributed by atoms with Crippen molar-refractivity contribution in [3.63, 3.8) is 0 Å². The van der Waals surface area contributed by atoms with Crippen molar-refractivity contribution in [2.75, 3.05) is 16.8 Å². The fourth-order valence-corrected chi connectivity index (χ4v) is 2.58. The Balaban J connectivity index is 1.61. The van der Waals surface area contributed by atoms with Crippen LogP contribution in [0.4, 0.5) is 11.4 Å². The number of rotatable bonds is 3. The molecule has 0 fully saturated rings. The van der Waals surface area contributed by atoms with Gasteiger partial charge in [0.15, 0.2) is 5.76 Å². The van der Waals surface area contributed by atoms with E-state index in [-0.39, 0.29) is 30.6 Å². The lowest BCUT2D eigenvalue weighted by atomic mass is 10.2. The van der Waals surface area contributed by atoms with Crippen molar-refractivity contribution in [2.24, 2.45) is 0 Å². The third-order valence-electron chi connectivity index (χ3n) is 3.69. The molecule has 1 aliphatic heterocycles. The highest BCUT2D eigenvalue weighted by Crippen LogP contribution is 2.29. The molecule has 0 saturated carbocycles. The average Bonchev–Trinajstić information content (AvgIpc) is 3.24. The lowest BCUT2D eigenvalue weighted by Crippen LogP contribution is -2.44. The Kier molecular flexibility index (Phi) is 3.46. The summed E-state index contributed by atoms with van der Waals surface area (Å²) in [6, 6.07) is 10.1. The number of benzene rings is 1. The molecule has 0 aliphatic carbocycles. The van der Waals surface area contributed by atoms with E-state index in [1.165, 1.54) is 11.2 Å². The van der Waals surface area contributed by atoms with Gasteiger partial charge >= 0.3 is 5.76 Å². The van der Waals surface area contributed by atoms with Crippen LogP contribution in [0, 0.1) is 0 Å². The predicted molar refractivity (Wildman–Crippen MR) is 85.9 cm³/mol. The van der Waals surface area contributed by atoms with E-state index in [9.17, 15) is 14.4 Å². The number of aromatic nitrogens is 2. The number of para-hydroxylation sites is 2. The largest absolute Gasteiger partial charge is 0.459 e. The summed E-state index contributed by atoms with van der Waals surface area (Å²) in [7, 11) is 0. The number of amides is 2. The zero-order valence-corrected chi connectivity index (χ0v) is 12.8. The molecular weight excluding hydrogens is 328 g/mol. The van der Waals surface area contributed by atoms with Crippen molar-refractivity contribution in [1.29, 1.82) is 0 Å². The van der Waals surface area contributed by atoms with E-state index in [0.29, 0.717) is 11.4 Å². The number of carbonyl (C=O) groups is 2. The monoisotopic (exact) mass is 340 g/mol. The molecule has 0 spiro atoms. The highest BCUT2D eigenvalue weighted by molar-refractivity contribution is 6.09. The molecule has 9 heteroatoms. The number of furan rings is 1. The van der Waals surface area contributed by atoms with Crippen LogP contribution in [0.25, 0.3) is 11.7 Å². The van der Waals surface area contributed by atoms with E-state index in [2.05, 4.69) is 10.4 Å². The lowest BCUT2D eigenvalue weighted by molar-refractivity contribution is -0.122. The SMILES string of the molecule is O=C1CN(C(=O)Cn2nc(-c3ccco3)oc2=O)c2ccccc2N1. The van der Waals surface area contributed by atoms with Crippen LogP contribution in [-0.2, 0) is 16.1 Å². The van der Waals surface area contributed by atoms with Crippen LogP contribution in [0.2, 0.25) is 0 Å². The van der Waals surface area contributed by atoms with Gasteiger partial charge in [0.2, 0.25) is 11.8 Å². The summed E-state index contributed by atoms with van der Waals surface area (Å²) in [6.07, 6.45) is 1.42. The van der Waals surface area contributed by atoms with Crippen LogP contribution >= 0.6 is 0 Å². The van der Waals surface area contributed by atoms with Gasteiger partial charge in [0.25, 0.3) is 5.89 Å². The zero-order chi connectivity index (χ0) is 17.4. The van der Waals surface area contributed by atoms with Crippen molar-refractivity contribution < 1.29 is 18.4 Å². The van der Waals surface area contributed by atoms with Gasteiger partial charge in [-0.05, 0) is 24.3 Å². The van der Waals surface area contributed by atoms with E-state index >= 15 is 0 Å². The van der Waals surface area contributed by atoms with Crippen molar-refractivity contribution >= 4 is 23.2 Å². The van der Waals surface area contributed by atoms with Gasteiger partial charge < -0.3 is 14.2 Å². The minimum absolute atomic E-state index is 0.0143. The Labute approximate surface area is 140 Å². The number of nitrogens with one attached hydrogen (secondary N) is 1. The molecule has 126 valence electrons. The first-order chi connectivity index (χ1) is 12.1. The molecule has 0 bridgehead atoms. The Morgan fingerprint density at radius 1 is 1.20 bits per heavy atom. The van der Waals surface area contributed by atoms with Crippen molar-refractivity contribution in [2.45, 2.75) is 6.54 Å². The van der Waals surface area contributed by atoms with Gasteiger partial charge in [-0.25, -0.2) is 4.79 Å². The maximum Gasteiger partial charge on any atom is 0.437 e. The van der Waals surface area contributed by atoms with Gasteiger partial charge in [-0.15, -0.1) is 5.10 Å². The van der Waals surface area contributed by atoms with E-state index in [1.807, 2.05) is 0 Å². The van der Waals surface area contributed by atoms with Gasteiger partial charge in [0, 0.05) is 0 Å². The van der Waals surface area contributed by atoms with Crippen LogP contribution in [0.5, 0.6) is 0 Å². The molecule has 3 aromatic rings. The Hall–Kier alpha value is -3.62. The molecule has 25 heavy (non-hydrogen) atoms. The molecule has 0 saturated heterocycles. The molecule has 1 aromatic carbocycles. The second kappa shape index (κ2) is 5.78. The number of fused-ring (bicyclic) bond motifs is 1. The number of hydrogen-bond acceptors (Lipinski definition) is 6. The molecule has 0 unspecified atom stereocenters. The normalized spacial score (nSPS) is 13.4. The Morgan fingerprint density at radius 2 is 2.04 bits per heavy atom. The Morgan fingerprint density at radius 3 is 2.84 bits per heavy atom. The molecule has 0 atom stereocenters. The lowest BCUT2D eigenvalue weighted by Gasteiger charge is -2.28. The number of carbonyl (C=O) groups excluding carboxylic acids is 2. The molecule has 3 heterocycles.